The number of hydrogen-bond acceptors (Lipinski definition) is 4. The van der Waals surface area contributed by atoms with Crippen molar-refractivity contribution < 1.29 is 9.90 Å². The molecule has 3 atom stereocenters. The van der Waals surface area contributed by atoms with E-state index in [9.17, 15) is 14.7 Å². The third kappa shape index (κ3) is 2.83. The van der Waals surface area contributed by atoms with Crippen molar-refractivity contribution in [2.75, 3.05) is 0 Å². The lowest BCUT2D eigenvalue weighted by atomic mass is 9.83. The summed E-state index contributed by atoms with van der Waals surface area (Å²) in [6.07, 6.45) is 4.97. The maximum atomic E-state index is 12.5. The summed E-state index contributed by atoms with van der Waals surface area (Å²) < 4.78 is 3.05. The highest BCUT2D eigenvalue weighted by Crippen LogP contribution is 2.32. The van der Waals surface area contributed by atoms with Crippen LogP contribution in [0.25, 0.3) is 10.8 Å². The fourth-order valence-corrected chi connectivity index (χ4v) is 3.33. The molecule has 25 heavy (non-hydrogen) atoms. The smallest absolute Gasteiger partial charge is 0.258 e. The summed E-state index contributed by atoms with van der Waals surface area (Å²) in [4.78, 5) is 24.8. The highest BCUT2D eigenvalue weighted by molar-refractivity contribution is 5.82. The van der Waals surface area contributed by atoms with Crippen molar-refractivity contribution in [2.24, 2.45) is 0 Å². The largest absolute Gasteiger partial charge is 0.391 e. The minimum absolute atomic E-state index is 0.0535. The number of hydrogen-bond donors (Lipinski definition) is 2. The van der Waals surface area contributed by atoms with Crippen LogP contribution in [0.2, 0.25) is 0 Å². The molecule has 0 aliphatic heterocycles. The molecule has 7 nitrogen and oxygen atoms in total. The summed E-state index contributed by atoms with van der Waals surface area (Å²) in [6.45, 7) is -0.0535. The van der Waals surface area contributed by atoms with E-state index in [-0.39, 0.29) is 30.1 Å². The number of nitrogens with zero attached hydrogens (tertiary/aromatic N) is 3. The lowest BCUT2D eigenvalue weighted by Crippen LogP contribution is -2.56. The molecule has 4 rings (SSSR count). The number of pyridine rings is 1. The molecule has 0 bridgehead atoms. The SMILES string of the molecule is O=C(Cn1ccc2ccccc2c1=O)N[C@H]1C[C@@H](O)[C@@H]1n1cccn1. The van der Waals surface area contributed by atoms with Gasteiger partial charge in [-0.25, -0.2) is 0 Å². The number of rotatable bonds is 4. The predicted molar refractivity (Wildman–Crippen MR) is 92.0 cm³/mol. The summed E-state index contributed by atoms with van der Waals surface area (Å²) in [7, 11) is 0. The molecule has 2 heterocycles. The van der Waals surface area contributed by atoms with Crippen LogP contribution in [0.1, 0.15) is 12.5 Å². The average molecular weight is 338 g/mol. The van der Waals surface area contributed by atoms with Crippen LogP contribution in [0.15, 0.2) is 59.8 Å². The molecule has 1 aromatic carbocycles. The van der Waals surface area contributed by atoms with E-state index in [0.717, 1.165) is 5.39 Å². The number of nitrogens with one attached hydrogen (secondary N) is 1. The van der Waals surface area contributed by atoms with Crippen LogP contribution in [0.4, 0.5) is 0 Å². The van der Waals surface area contributed by atoms with Crippen molar-refractivity contribution in [3.8, 4) is 0 Å². The number of amides is 1. The maximum Gasteiger partial charge on any atom is 0.258 e. The van der Waals surface area contributed by atoms with Gasteiger partial charge in [0, 0.05) is 24.0 Å². The summed E-state index contributed by atoms with van der Waals surface area (Å²) in [6, 6.07) is 10.4. The summed E-state index contributed by atoms with van der Waals surface area (Å²) in [5.74, 6) is -0.258. The predicted octanol–water partition coefficient (Wildman–Crippen LogP) is 0.689. The van der Waals surface area contributed by atoms with Crippen LogP contribution in [-0.2, 0) is 11.3 Å². The second kappa shape index (κ2) is 6.18. The van der Waals surface area contributed by atoms with Crippen LogP contribution in [0.5, 0.6) is 0 Å². The number of benzene rings is 1. The fourth-order valence-electron chi connectivity index (χ4n) is 3.33. The first-order chi connectivity index (χ1) is 12.1. The van der Waals surface area contributed by atoms with E-state index in [0.29, 0.717) is 11.8 Å². The van der Waals surface area contributed by atoms with Gasteiger partial charge in [-0.2, -0.15) is 5.10 Å². The third-order valence-electron chi connectivity index (χ3n) is 4.68. The van der Waals surface area contributed by atoms with Crippen LogP contribution in [0.3, 0.4) is 0 Å². The Hall–Kier alpha value is -2.93. The van der Waals surface area contributed by atoms with E-state index in [2.05, 4.69) is 10.4 Å². The number of fused-ring (bicyclic) bond motifs is 1. The summed E-state index contributed by atoms with van der Waals surface area (Å²) in [5.41, 5.74) is -0.189. The lowest BCUT2D eigenvalue weighted by Gasteiger charge is -2.41. The Kier molecular flexibility index (Phi) is 3.85. The van der Waals surface area contributed by atoms with Gasteiger partial charge in [0.1, 0.15) is 6.54 Å². The van der Waals surface area contributed by atoms with Crippen molar-refractivity contribution in [1.82, 2.24) is 19.7 Å². The lowest BCUT2D eigenvalue weighted by molar-refractivity contribution is -0.125. The second-order valence-corrected chi connectivity index (χ2v) is 6.29. The van der Waals surface area contributed by atoms with Crippen LogP contribution < -0.4 is 10.9 Å². The first kappa shape index (κ1) is 15.6. The van der Waals surface area contributed by atoms with E-state index in [1.165, 1.54) is 4.57 Å². The van der Waals surface area contributed by atoms with Crippen molar-refractivity contribution in [2.45, 2.75) is 31.2 Å². The zero-order chi connectivity index (χ0) is 17.4. The number of aromatic nitrogens is 3. The van der Waals surface area contributed by atoms with E-state index < -0.39 is 6.10 Å². The zero-order valence-electron chi connectivity index (χ0n) is 13.4. The second-order valence-electron chi connectivity index (χ2n) is 6.29. The Morgan fingerprint density at radius 1 is 1.24 bits per heavy atom. The number of aliphatic hydroxyl groups is 1. The molecular formula is C18H18N4O3. The third-order valence-corrected chi connectivity index (χ3v) is 4.68. The fraction of sp³-hybridized carbons (Fsp3) is 0.278. The van der Waals surface area contributed by atoms with E-state index in [1.807, 2.05) is 18.2 Å². The number of carbonyl (C=O) groups excluding carboxylic acids is 1. The monoisotopic (exact) mass is 338 g/mol. The molecule has 2 N–H and O–H groups in total. The molecule has 3 aromatic rings. The minimum Gasteiger partial charge on any atom is -0.391 e. The van der Waals surface area contributed by atoms with Gasteiger partial charge in [-0.05, 0) is 30.0 Å². The molecule has 1 amide bonds. The molecule has 0 spiro atoms. The molecule has 1 aliphatic carbocycles. The van der Waals surface area contributed by atoms with Crippen LogP contribution in [0, 0.1) is 0 Å². The average Bonchev–Trinajstić information content (AvgIpc) is 3.10. The van der Waals surface area contributed by atoms with Gasteiger partial charge in [0.15, 0.2) is 0 Å². The van der Waals surface area contributed by atoms with Gasteiger partial charge in [0.05, 0.1) is 18.2 Å². The molecule has 0 radical (unpaired) electrons. The molecule has 2 aromatic heterocycles. The Balaban J connectivity index is 1.48. The van der Waals surface area contributed by atoms with Gasteiger partial charge in [-0.3, -0.25) is 14.3 Å². The van der Waals surface area contributed by atoms with Crippen LogP contribution >= 0.6 is 0 Å². The van der Waals surface area contributed by atoms with Crippen molar-refractivity contribution >= 4 is 16.7 Å². The molecule has 0 saturated heterocycles. The highest BCUT2D eigenvalue weighted by Gasteiger charge is 2.42. The van der Waals surface area contributed by atoms with E-state index >= 15 is 0 Å². The molecule has 7 heteroatoms. The topological polar surface area (TPSA) is 89.1 Å². The number of carbonyl (C=O) groups is 1. The van der Waals surface area contributed by atoms with Crippen LogP contribution in [-0.4, -0.2) is 37.5 Å². The Bertz CT molecular complexity index is 964. The Labute approximate surface area is 143 Å². The molecular weight excluding hydrogens is 320 g/mol. The van der Waals surface area contributed by atoms with E-state index in [4.69, 9.17) is 0 Å². The standard InChI is InChI=1S/C18H18N4O3/c23-15-10-14(17(15)22-8-3-7-19-22)20-16(24)11-21-9-6-12-4-1-2-5-13(12)18(21)25/h1-9,14-15,17,23H,10-11H2,(H,20,24)/t14-,15+,17+/m0/s1. The van der Waals surface area contributed by atoms with Crippen molar-refractivity contribution in [1.29, 1.82) is 0 Å². The maximum absolute atomic E-state index is 12.5. The highest BCUT2D eigenvalue weighted by atomic mass is 16.3. The van der Waals surface area contributed by atoms with Gasteiger partial charge in [-0.1, -0.05) is 18.2 Å². The van der Waals surface area contributed by atoms with Gasteiger partial charge in [0.25, 0.3) is 5.56 Å². The molecule has 1 saturated carbocycles. The zero-order valence-corrected chi connectivity index (χ0v) is 13.4. The Morgan fingerprint density at radius 3 is 2.84 bits per heavy atom. The number of aliphatic hydroxyl groups excluding tert-OH is 1. The van der Waals surface area contributed by atoms with Gasteiger partial charge in [-0.15, -0.1) is 0 Å². The first-order valence-corrected chi connectivity index (χ1v) is 8.18. The summed E-state index contributed by atoms with van der Waals surface area (Å²) in [5, 5.41) is 18.4. The quantitative estimate of drug-likeness (QED) is 0.732. The molecule has 128 valence electrons. The minimum atomic E-state index is -0.534. The normalized spacial score (nSPS) is 22.5. The first-order valence-electron chi connectivity index (χ1n) is 8.18. The van der Waals surface area contributed by atoms with E-state index in [1.54, 1.807) is 41.5 Å². The van der Waals surface area contributed by atoms with Gasteiger partial charge in [0.2, 0.25) is 5.91 Å². The van der Waals surface area contributed by atoms with Crippen molar-refractivity contribution in [3.63, 3.8) is 0 Å². The van der Waals surface area contributed by atoms with Gasteiger partial charge >= 0.3 is 0 Å². The molecule has 0 unspecified atom stereocenters. The van der Waals surface area contributed by atoms with Gasteiger partial charge < -0.3 is 15.0 Å². The summed E-state index contributed by atoms with van der Waals surface area (Å²) >= 11 is 0. The van der Waals surface area contributed by atoms with Crippen molar-refractivity contribution in [3.05, 3.63) is 65.3 Å². The molecule has 1 fully saturated rings. The Morgan fingerprint density at radius 2 is 2.08 bits per heavy atom. The molecule has 1 aliphatic rings.